The summed E-state index contributed by atoms with van der Waals surface area (Å²) in [5.74, 6) is 0. The Morgan fingerprint density at radius 3 is 1.00 bits per heavy atom. The maximum atomic E-state index is 4.85. The average Bonchev–Trinajstić information content (AvgIpc) is 1.78. The number of hydrogen-bond acceptors (Lipinski definition) is 1. The Kier molecular flexibility index (Phi) is 358. The van der Waals surface area contributed by atoms with Gasteiger partial charge in [-0.2, -0.15) is 0 Å². The fraction of sp³-hybridized carbons (Fsp3) is 1.00. The summed E-state index contributed by atoms with van der Waals surface area (Å²) in [6, 6.07) is 0. The van der Waals surface area contributed by atoms with Crippen molar-refractivity contribution in [3.8, 4) is 0 Å². The zero-order chi connectivity index (χ0) is 6.71. The first kappa shape index (κ1) is 15.8. The first-order valence-corrected chi connectivity index (χ1v) is 3.12. The molecule has 0 unspecified atom stereocenters. The standard InChI is InChI=1S/C2H7N.2C2H6/c1-2-3;2*1-2/h2-3H2,1H3;2*1-2H3. The molecular formula is C6H19N. The molecule has 0 spiro atoms. The molecule has 0 heterocycles. The third-order valence-corrected chi connectivity index (χ3v) is 0. The van der Waals surface area contributed by atoms with Gasteiger partial charge in [0.1, 0.15) is 0 Å². The monoisotopic (exact) mass is 105 g/mol. The smallest absolute Gasteiger partial charge is 0.0106 e. The van der Waals surface area contributed by atoms with Crippen molar-refractivity contribution in [2.24, 2.45) is 5.73 Å². The number of rotatable bonds is 0. The van der Waals surface area contributed by atoms with Crippen LogP contribution in [0.5, 0.6) is 0 Å². The van der Waals surface area contributed by atoms with Gasteiger partial charge in [-0.25, -0.2) is 0 Å². The molecule has 0 aromatic heterocycles. The van der Waals surface area contributed by atoms with Gasteiger partial charge in [-0.1, -0.05) is 34.6 Å². The summed E-state index contributed by atoms with van der Waals surface area (Å²) in [5, 5.41) is 0. The lowest BCUT2D eigenvalue weighted by atomic mass is 10.8. The zero-order valence-electron chi connectivity index (χ0n) is 6.28. The van der Waals surface area contributed by atoms with E-state index in [0.29, 0.717) is 0 Å². The predicted molar refractivity (Wildman–Crippen MR) is 37.4 cm³/mol. The molecule has 0 amide bonds. The SMILES string of the molecule is CC.CC.CCN. The molecular weight excluding hydrogens is 86.1 g/mol. The van der Waals surface area contributed by atoms with Crippen LogP contribution in [0.15, 0.2) is 0 Å². The number of hydrogen-bond donors (Lipinski definition) is 1. The van der Waals surface area contributed by atoms with Gasteiger partial charge in [-0.3, -0.25) is 0 Å². The van der Waals surface area contributed by atoms with Gasteiger partial charge in [-0.05, 0) is 6.54 Å². The van der Waals surface area contributed by atoms with E-state index in [1.165, 1.54) is 0 Å². The molecule has 0 saturated carbocycles. The highest BCUT2D eigenvalue weighted by atomic mass is 14.5. The van der Waals surface area contributed by atoms with Crippen molar-refractivity contribution in [3.05, 3.63) is 0 Å². The first-order valence-electron chi connectivity index (χ1n) is 3.12. The fourth-order valence-corrected chi connectivity index (χ4v) is 0. The van der Waals surface area contributed by atoms with Gasteiger partial charge in [0.05, 0.1) is 0 Å². The summed E-state index contributed by atoms with van der Waals surface area (Å²) in [7, 11) is 0. The molecule has 0 aliphatic heterocycles. The van der Waals surface area contributed by atoms with Gasteiger partial charge in [0, 0.05) is 0 Å². The Bertz CT molecular complexity index is 4.14. The van der Waals surface area contributed by atoms with E-state index >= 15 is 0 Å². The Morgan fingerprint density at radius 1 is 1.00 bits per heavy atom. The molecule has 0 atom stereocenters. The largest absolute Gasteiger partial charge is 0.331 e. The molecule has 7 heavy (non-hydrogen) atoms. The fourth-order valence-electron chi connectivity index (χ4n) is 0. The van der Waals surface area contributed by atoms with Gasteiger partial charge < -0.3 is 5.73 Å². The van der Waals surface area contributed by atoms with Crippen LogP contribution in [0.4, 0.5) is 0 Å². The second-order valence-corrected chi connectivity index (χ2v) is 0.408. The molecule has 48 valence electrons. The summed E-state index contributed by atoms with van der Waals surface area (Å²) in [4.78, 5) is 0. The summed E-state index contributed by atoms with van der Waals surface area (Å²) >= 11 is 0. The third kappa shape index (κ3) is 58400. The lowest BCUT2D eigenvalue weighted by Gasteiger charge is -1.53. The van der Waals surface area contributed by atoms with Gasteiger partial charge >= 0.3 is 0 Å². The van der Waals surface area contributed by atoms with Crippen LogP contribution in [0.2, 0.25) is 0 Å². The summed E-state index contributed by atoms with van der Waals surface area (Å²) < 4.78 is 0. The van der Waals surface area contributed by atoms with Gasteiger partial charge in [0.25, 0.3) is 0 Å². The normalized spacial score (nSPS) is 4.29. The Labute approximate surface area is 47.9 Å². The lowest BCUT2D eigenvalue weighted by molar-refractivity contribution is 1.14. The molecule has 0 aliphatic rings. The molecule has 0 aliphatic carbocycles. The van der Waals surface area contributed by atoms with Crippen LogP contribution in [-0.2, 0) is 0 Å². The van der Waals surface area contributed by atoms with Crippen LogP contribution in [0.1, 0.15) is 34.6 Å². The molecule has 1 heteroatoms. The Hall–Kier alpha value is -0.0400. The summed E-state index contributed by atoms with van der Waals surface area (Å²) in [6.45, 7) is 10.7. The topological polar surface area (TPSA) is 26.0 Å². The van der Waals surface area contributed by atoms with Crippen molar-refractivity contribution < 1.29 is 0 Å². The minimum atomic E-state index is 0.750. The minimum Gasteiger partial charge on any atom is -0.331 e. The van der Waals surface area contributed by atoms with Crippen molar-refractivity contribution in [2.75, 3.05) is 6.54 Å². The predicted octanol–water partition coefficient (Wildman–Crippen LogP) is 2.02. The molecule has 0 aromatic carbocycles. The zero-order valence-corrected chi connectivity index (χ0v) is 6.28. The highest BCUT2D eigenvalue weighted by Gasteiger charge is 1.32. The molecule has 0 fully saturated rings. The Morgan fingerprint density at radius 2 is 1.00 bits per heavy atom. The van der Waals surface area contributed by atoms with E-state index in [2.05, 4.69) is 0 Å². The second-order valence-electron chi connectivity index (χ2n) is 0.408. The third-order valence-electron chi connectivity index (χ3n) is 0. The average molecular weight is 105 g/mol. The van der Waals surface area contributed by atoms with Crippen LogP contribution in [0, 0.1) is 0 Å². The lowest BCUT2D eigenvalue weighted by Crippen LogP contribution is -1.87. The van der Waals surface area contributed by atoms with E-state index in [1.807, 2.05) is 34.6 Å². The second kappa shape index (κ2) is 159. The van der Waals surface area contributed by atoms with E-state index in [-0.39, 0.29) is 0 Å². The van der Waals surface area contributed by atoms with E-state index in [4.69, 9.17) is 5.73 Å². The van der Waals surface area contributed by atoms with E-state index in [0.717, 1.165) is 6.54 Å². The Balaban J connectivity index is -0.0000000360. The van der Waals surface area contributed by atoms with Crippen molar-refractivity contribution in [2.45, 2.75) is 34.6 Å². The van der Waals surface area contributed by atoms with E-state index < -0.39 is 0 Å². The van der Waals surface area contributed by atoms with Crippen molar-refractivity contribution in [3.63, 3.8) is 0 Å². The van der Waals surface area contributed by atoms with Gasteiger partial charge in [0.15, 0.2) is 0 Å². The molecule has 0 aromatic rings. The quantitative estimate of drug-likeness (QED) is 0.501. The maximum absolute atomic E-state index is 4.85. The van der Waals surface area contributed by atoms with Crippen LogP contribution in [0.3, 0.4) is 0 Å². The van der Waals surface area contributed by atoms with Crippen molar-refractivity contribution in [1.82, 2.24) is 0 Å². The van der Waals surface area contributed by atoms with Crippen molar-refractivity contribution in [1.29, 1.82) is 0 Å². The van der Waals surface area contributed by atoms with Crippen LogP contribution in [-0.4, -0.2) is 6.54 Å². The van der Waals surface area contributed by atoms with Gasteiger partial charge in [-0.15, -0.1) is 0 Å². The molecule has 2 N–H and O–H groups in total. The van der Waals surface area contributed by atoms with E-state index in [9.17, 15) is 0 Å². The highest BCUT2D eigenvalue weighted by Crippen LogP contribution is 1.20. The van der Waals surface area contributed by atoms with Crippen LogP contribution < -0.4 is 5.73 Å². The molecule has 0 rings (SSSR count). The first-order chi connectivity index (χ1) is 3.41. The number of nitrogens with two attached hydrogens (primary N) is 1. The molecule has 0 bridgehead atoms. The van der Waals surface area contributed by atoms with E-state index in [1.54, 1.807) is 0 Å². The molecule has 0 radical (unpaired) electrons. The van der Waals surface area contributed by atoms with Crippen molar-refractivity contribution >= 4 is 0 Å². The summed E-state index contributed by atoms with van der Waals surface area (Å²) in [6.07, 6.45) is 0. The van der Waals surface area contributed by atoms with Crippen LogP contribution in [0.25, 0.3) is 0 Å². The maximum Gasteiger partial charge on any atom is -0.0106 e. The van der Waals surface area contributed by atoms with Gasteiger partial charge in [0.2, 0.25) is 0 Å². The molecule has 0 saturated heterocycles. The summed E-state index contributed by atoms with van der Waals surface area (Å²) in [5.41, 5.74) is 4.85. The van der Waals surface area contributed by atoms with Crippen LogP contribution >= 0.6 is 0 Å². The molecule has 1 nitrogen and oxygen atoms in total. The highest BCUT2D eigenvalue weighted by molar-refractivity contribution is 4.00. The minimum absolute atomic E-state index is 0.750.